The molecule has 0 aliphatic carbocycles. The van der Waals surface area contributed by atoms with E-state index in [-0.39, 0.29) is 0 Å². The molecule has 2 N–H and O–H groups in total. The van der Waals surface area contributed by atoms with Crippen LogP contribution in [0.3, 0.4) is 0 Å². The van der Waals surface area contributed by atoms with E-state index in [9.17, 15) is 0 Å². The molecule has 0 unspecified atom stereocenters. The minimum Gasteiger partial charge on any atom is -0.353 e. The molecule has 26 heavy (non-hydrogen) atoms. The van der Waals surface area contributed by atoms with E-state index < -0.39 is 0 Å². The molecule has 0 amide bonds. The highest BCUT2D eigenvalue weighted by atomic mass is 15.5. The van der Waals surface area contributed by atoms with Gasteiger partial charge in [0, 0.05) is 19.3 Å². The Morgan fingerprint density at radius 2 is 2.04 bits per heavy atom. The van der Waals surface area contributed by atoms with Crippen LogP contribution in [0.5, 0.6) is 0 Å². The van der Waals surface area contributed by atoms with Gasteiger partial charge in [-0.25, -0.2) is 4.98 Å². The Hall–Kier alpha value is -3.07. The maximum absolute atomic E-state index is 4.65. The summed E-state index contributed by atoms with van der Waals surface area (Å²) in [6.45, 7) is 4.21. The molecule has 0 atom stereocenters. The van der Waals surface area contributed by atoms with E-state index in [0.29, 0.717) is 17.6 Å². The van der Waals surface area contributed by atoms with Crippen molar-refractivity contribution in [1.82, 2.24) is 35.1 Å². The molecular formula is C17H19N9. The van der Waals surface area contributed by atoms with Crippen LogP contribution in [-0.4, -0.2) is 61.3 Å². The van der Waals surface area contributed by atoms with Crippen LogP contribution in [0.4, 0.5) is 17.5 Å². The first kappa shape index (κ1) is 15.2. The van der Waals surface area contributed by atoms with Crippen molar-refractivity contribution in [2.45, 2.75) is 12.8 Å². The van der Waals surface area contributed by atoms with Crippen molar-refractivity contribution >= 4 is 17.5 Å². The van der Waals surface area contributed by atoms with Gasteiger partial charge in [-0.2, -0.15) is 9.67 Å². The third-order valence-corrected chi connectivity index (χ3v) is 4.79. The number of anilines is 3. The summed E-state index contributed by atoms with van der Waals surface area (Å²) in [6.07, 6.45) is 4.36. The third-order valence-electron chi connectivity index (χ3n) is 4.79. The molecule has 2 aliphatic rings. The Balaban J connectivity index is 1.43. The number of hydrogen-bond donors (Lipinski definition) is 2. The zero-order chi connectivity index (χ0) is 17.3. The minimum atomic E-state index is 0.605. The number of tetrazole rings is 1. The predicted octanol–water partition coefficient (Wildman–Crippen LogP) is 1.68. The quantitative estimate of drug-likeness (QED) is 0.574. The summed E-state index contributed by atoms with van der Waals surface area (Å²) >= 11 is 0. The number of hydrogen-bond acceptors (Lipinski definition) is 8. The number of nitrogens with zero attached hydrogens (tertiary/aromatic N) is 7. The van der Waals surface area contributed by atoms with Gasteiger partial charge in [0.05, 0.1) is 16.9 Å². The molecular weight excluding hydrogens is 330 g/mol. The fourth-order valence-electron chi connectivity index (χ4n) is 3.47. The largest absolute Gasteiger partial charge is 0.353 e. The highest BCUT2D eigenvalue weighted by molar-refractivity contribution is 5.81. The smallest absolute Gasteiger partial charge is 0.224 e. The van der Waals surface area contributed by atoms with E-state index in [0.717, 1.165) is 30.0 Å². The SMILES string of the molecule is c1ccc2c(c1)Nc1nc(NCCN3CCCC3)ncc1-c1nnnn1-2. The molecule has 2 aromatic heterocycles. The van der Waals surface area contributed by atoms with Crippen molar-refractivity contribution < 1.29 is 0 Å². The molecule has 2 aliphatic heterocycles. The number of aromatic nitrogens is 6. The Labute approximate surface area is 150 Å². The van der Waals surface area contributed by atoms with Crippen LogP contribution in [0.2, 0.25) is 0 Å². The van der Waals surface area contributed by atoms with E-state index >= 15 is 0 Å². The van der Waals surface area contributed by atoms with E-state index in [2.05, 4.69) is 41.0 Å². The van der Waals surface area contributed by atoms with Gasteiger partial charge in [0.15, 0.2) is 5.82 Å². The van der Waals surface area contributed by atoms with Gasteiger partial charge in [-0.1, -0.05) is 12.1 Å². The molecule has 9 heteroatoms. The molecule has 0 bridgehead atoms. The van der Waals surface area contributed by atoms with Crippen molar-refractivity contribution in [3.8, 4) is 17.1 Å². The predicted molar refractivity (Wildman–Crippen MR) is 97.6 cm³/mol. The van der Waals surface area contributed by atoms with Crippen LogP contribution in [0, 0.1) is 0 Å². The van der Waals surface area contributed by atoms with E-state index in [4.69, 9.17) is 0 Å². The minimum absolute atomic E-state index is 0.605. The van der Waals surface area contributed by atoms with Gasteiger partial charge in [0.2, 0.25) is 5.95 Å². The lowest BCUT2D eigenvalue weighted by atomic mass is 10.2. The first-order valence-corrected chi connectivity index (χ1v) is 8.87. The molecule has 1 aromatic carbocycles. The van der Waals surface area contributed by atoms with Crippen LogP contribution in [0.15, 0.2) is 30.5 Å². The number of benzene rings is 1. The number of likely N-dealkylation sites (tertiary alicyclic amines) is 1. The molecule has 132 valence electrons. The zero-order valence-corrected chi connectivity index (χ0v) is 14.3. The van der Waals surface area contributed by atoms with Gasteiger partial charge in [0.25, 0.3) is 0 Å². The van der Waals surface area contributed by atoms with Crippen molar-refractivity contribution in [1.29, 1.82) is 0 Å². The normalized spacial score (nSPS) is 15.5. The van der Waals surface area contributed by atoms with Gasteiger partial charge in [-0.3, -0.25) is 0 Å². The van der Waals surface area contributed by atoms with Gasteiger partial charge in [-0.15, -0.1) is 5.10 Å². The lowest BCUT2D eigenvalue weighted by Crippen LogP contribution is -2.26. The molecule has 3 aromatic rings. The zero-order valence-electron chi connectivity index (χ0n) is 14.3. The average Bonchev–Trinajstić information content (AvgIpc) is 3.32. The summed E-state index contributed by atoms with van der Waals surface area (Å²) in [4.78, 5) is 11.6. The monoisotopic (exact) mass is 349 g/mol. The third kappa shape index (κ3) is 2.66. The number of fused-ring (bicyclic) bond motifs is 5. The molecule has 9 nitrogen and oxygen atoms in total. The number of rotatable bonds is 4. The lowest BCUT2D eigenvalue weighted by molar-refractivity contribution is 0.352. The second-order valence-corrected chi connectivity index (χ2v) is 6.49. The second kappa shape index (κ2) is 6.34. The summed E-state index contributed by atoms with van der Waals surface area (Å²) in [5.74, 6) is 1.93. The topological polar surface area (TPSA) is 96.7 Å². The lowest BCUT2D eigenvalue weighted by Gasteiger charge is -2.15. The van der Waals surface area contributed by atoms with Crippen molar-refractivity contribution in [3.05, 3.63) is 30.5 Å². The first-order chi connectivity index (χ1) is 12.9. The Kier molecular flexibility index (Phi) is 3.71. The van der Waals surface area contributed by atoms with Crippen LogP contribution in [-0.2, 0) is 0 Å². The summed E-state index contributed by atoms with van der Waals surface area (Å²) in [5, 5.41) is 18.8. The number of nitrogens with one attached hydrogen (secondary N) is 2. The van der Waals surface area contributed by atoms with E-state index in [1.807, 2.05) is 24.3 Å². The summed E-state index contributed by atoms with van der Waals surface area (Å²) in [7, 11) is 0. The molecule has 0 spiro atoms. The Morgan fingerprint density at radius 3 is 2.96 bits per heavy atom. The summed E-state index contributed by atoms with van der Waals surface area (Å²) < 4.78 is 1.71. The average molecular weight is 349 g/mol. The number of para-hydroxylation sites is 2. The first-order valence-electron chi connectivity index (χ1n) is 8.87. The van der Waals surface area contributed by atoms with E-state index in [1.165, 1.54) is 25.9 Å². The summed E-state index contributed by atoms with van der Waals surface area (Å²) in [6, 6.07) is 7.88. The van der Waals surface area contributed by atoms with Gasteiger partial charge < -0.3 is 15.5 Å². The molecule has 4 heterocycles. The van der Waals surface area contributed by atoms with Gasteiger partial charge in [0.1, 0.15) is 5.82 Å². The molecule has 0 radical (unpaired) electrons. The summed E-state index contributed by atoms with van der Waals surface area (Å²) in [5.41, 5.74) is 2.56. The van der Waals surface area contributed by atoms with Crippen molar-refractivity contribution in [3.63, 3.8) is 0 Å². The van der Waals surface area contributed by atoms with Crippen LogP contribution < -0.4 is 10.6 Å². The highest BCUT2D eigenvalue weighted by Crippen LogP contribution is 2.35. The van der Waals surface area contributed by atoms with Crippen LogP contribution in [0.1, 0.15) is 12.8 Å². The standard InChI is InChI=1S/C17H19N9/c1-2-6-14-13(5-1)20-15-12(16-22-23-24-26(14)16)11-19-17(21-15)18-7-10-25-8-3-4-9-25/h1-2,5-6,11H,3-4,7-10H2,(H2,18,19,20,21). The van der Waals surface area contributed by atoms with Crippen LogP contribution >= 0.6 is 0 Å². The Bertz CT molecular complexity index is 929. The van der Waals surface area contributed by atoms with Crippen molar-refractivity contribution in [2.24, 2.45) is 0 Å². The maximum Gasteiger partial charge on any atom is 0.224 e. The Morgan fingerprint density at radius 1 is 1.15 bits per heavy atom. The second-order valence-electron chi connectivity index (χ2n) is 6.49. The molecule has 1 fully saturated rings. The highest BCUT2D eigenvalue weighted by Gasteiger charge is 2.23. The maximum atomic E-state index is 4.65. The van der Waals surface area contributed by atoms with Crippen LogP contribution in [0.25, 0.3) is 17.1 Å². The van der Waals surface area contributed by atoms with Gasteiger partial charge >= 0.3 is 0 Å². The van der Waals surface area contributed by atoms with Gasteiger partial charge in [-0.05, 0) is 48.5 Å². The van der Waals surface area contributed by atoms with E-state index in [1.54, 1.807) is 10.9 Å². The van der Waals surface area contributed by atoms with Crippen molar-refractivity contribution in [2.75, 3.05) is 36.8 Å². The molecule has 5 rings (SSSR count). The fourth-order valence-corrected chi connectivity index (χ4v) is 3.47. The molecule has 0 saturated carbocycles. The fraction of sp³-hybridized carbons (Fsp3) is 0.353. The molecule has 1 saturated heterocycles.